The molecule has 1 N–H and O–H groups in total. The van der Waals surface area contributed by atoms with Crippen molar-refractivity contribution in [1.82, 2.24) is 9.80 Å². The van der Waals surface area contributed by atoms with Crippen molar-refractivity contribution in [2.75, 3.05) is 26.2 Å². The van der Waals surface area contributed by atoms with E-state index < -0.39 is 5.97 Å². The lowest BCUT2D eigenvalue weighted by Crippen LogP contribution is -2.54. The second-order valence-electron chi connectivity index (χ2n) is 5.54. The maximum absolute atomic E-state index is 12.4. The van der Waals surface area contributed by atoms with Gasteiger partial charge in [0, 0.05) is 32.2 Å². The number of carbonyl (C=O) groups excluding carboxylic acids is 1. The fraction of sp³-hybridized carbons (Fsp3) is 0.500. The molecule has 1 aromatic rings. The summed E-state index contributed by atoms with van der Waals surface area (Å²) in [5.41, 5.74) is 1.03. The molecule has 2 rings (SSSR count). The number of amides is 1. The van der Waals surface area contributed by atoms with E-state index in [4.69, 9.17) is 5.11 Å². The van der Waals surface area contributed by atoms with Crippen LogP contribution in [0.1, 0.15) is 18.9 Å². The van der Waals surface area contributed by atoms with E-state index in [9.17, 15) is 9.59 Å². The number of benzene rings is 1. The van der Waals surface area contributed by atoms with Gasteiger partial charge in [0.05, 0.1) is 12.8 Å². The molecular formula is C16H22N2O3. The van der Waals surface area contributed by atoms with Gasteiger partial charge in [0.2, 0.25) is 5.91 Å². The lowest BCUT2D eigenvalue weighted by Gasteiger charge is -2.39. The van der Waals surface area contributed by atoms with Crippen molar-refractivity contribution >= 4 is 11.9 Å². The number of carboxylic acid groups (broad SMARTS) is 1. The van der Waals surface area contributed by atoms with E-state index in [1.54, 1.807) is 0 Å². The summed E-state index contributed by atoms with van der Waals surface area (Å²) in [5, 5.41) is 8.72. The molecule has 1 fully saturated rings. The van der Waals surface area contributed by atoms with Crippen LogP contribution in [-0.4, -0.2) is 59.0 Å². The van der Waals surface area contributed by atoms with Crippen LogP contribution in [0.5, 0.6) is 0 Å². The standard InChI is InChI=1S/C16H22N2O3/c1-13-12-17(8-7-16(20)21)9-10-18(13)15(19)11-14-5-3-2-4-6-14/h2-6,13H,7-12H2,1H3,(H,20,21)/t13-/m0/s1. The Morgan fingerprint density at radius 3 is 2.57 bits per heavy atom. The third kappa shape index (κ3) is 4.56. The molecule has 0 spiro atoms. The van der Waals surface area contributed by atoms with Gasteiger partial charge in [-0.15, -0.1) is 0 Å². The van der Waals surface area contributed by atoms with Gasteiger partial charge in [0.25, 0.3) is 0 Å². The minimum Gasteiger partial charge on any atom is -0.481 e. The van der Waals surface area contributed by atoms with Crippen LogP contribution in [0.3, 0.4) is 0 Å². The molecule has 1 aliphatic rings. The molecule has 1 aromatic carbocycles. The first kappa shape index (κ1) is 15.5. The van der Waals surface area contributed by atoms with Crippen LogP contribution in [0.25, 0.3) is 0 Å². The molecular weight excluding hydrogens is 268 g/mol. The molecule has 1 saturated heterocycles. The van der Waals surface area contributed by atoms with Crippen LogP contribution in [0.2, 0.25) is 0 Å². The van der Waals surface area contributed by atoms with Crippen molar-refractivity contribution < 1.29 is 14.7 Å². The number of nitrogens with zero attached hydrogens (tertiary/aromatic N) is 2. The van der Waals surface area contributed by atoms with Crippen LogP contribution >= 0.6 is 0 Å². The summed E-state index contributed by atoms with van der Waals surface area (Å²) in [6.45, 7) is 4.74. The first-order chi connectivity index (χ1) is 10.1. The van der Waals surface area contributed by atoms with Gasteiger partial charge < -0.3 is 10.0 Å². The number of carbonyl (C=O) groups is 2. The number of carboxylic acids is 1. The Morgan fingerprint density at radius 1 is 1.24 bits per heavy atom. The fourth-order valence-corrected chi connectivity index (χ4v) is 2.73. The van der Waals surface area contributed by atoms with Crippen molar-refractivity contribution in [3.8, 4) is 0 Å². The third-order valence-corrected chi connectivity index (χ3v) is 3.87. The third-order valence-electron chi connectivity index (χ3n) is 3.87. The molecule has 0 unspecified atom stereocenters. The highest BCUT2D eigenvalue weighted by Crippen LogP contribution is 2.12. The van der Waals surface area contributed by atoms with E-state index in [1.165, 1.54) is 0 Å². The van der Waals surface area contributed by atoms with E-state index >= 15 is 0 Å². The van der Waals surface area contributed by atoms with E-state index in [2.05, 4.69) is 4.90 Å². The van der Waals surface area contributed by atoms with Gasteiger partial charge in [0.15, 0.2) is 0 Å². The molecule has 114 valence electrons. The van der Waals surface area contributed by atoms with Gasteiger partial charge in [-0.05, 0) is 12.5 Å². The molecule has 5 nitrogen and oxygen atoms in total. The molecule has 0 aromatic heterocycles. The predicted molar refractivity (Wildman–Crippen MR) is 80.0 cm³/mol. The topological polar surface area (TPSA) is 60.9 Å². The number of hydrogen-bond donors (Lipinski definition) is 1. The minimum absolute atomic E-state index is 0.128. The summed E-state index contributed by atoms with van der Waals surface area (Å²) < 4.78 is 0. The summed E-state index contributed by atoms with van der Waals surface area (Å²) >= 11 is 0. The fourth-order valence-electron chi connectivity index (χ4n) is 2.73. The summed E-state index contributed by atoms with van der Waals surface area (Å²) in [4.78, 5) is 27.0. The molecule has 21 heavy (non-hydrogen) atoms. The quantitative estimate of drug-likeness (QED) is 0.886. The number of piperazine rings is 1. The van der Waals surface area contributed by atoms with Crippen LogP contribution < -0.4 is 0 Å². The second-order valence-corrected chi connectivity index (χ2v) is 5.54. The Kier molecular flexibility index (Phi) is 5.33. The number of rotatable bonds is 5. The molecule has 0 bridgehead atoms. The molecule has 1 atom stereocenters. The highest BCUT2D eigenvalue weighted by Gasteiger charge is 2.27. The average molecular weight is 290 g/mol. The zero-order valence-corrected chi connectivity index (χ0v) is 12.4. The first-order valence-corrected chi connectivity index (χ1v) is 7.34. The lowest BCUT2D eigenvalue weighted by molar-refractivity contribution is -0.139. The van der Waals surface area contributed by atoms with Crippen LogP contribution in [0.15, 0.2) is 30.3 Å². The Labute approximate surface area is 125 Å². The smallest absolute Gasteiger partial charge is 0.304 e. The summed E-state index contributed by atoms with van der Waals surface area (Å²) in [6.07, 6.45) is 0.588. The Balaban J connectivity index is 1.85. The zero-order valence-electron chi connectivity index (χ0n) is 12.4. The Hall–Kier alpha value is -1.88. The molecule has 0 saturated carbocycles. The Morgan fingerprint density at radius 2 is 1.95 bits per heavy atom. The van der Waals surface area contributed by atoms with Gasteiger partial charge in [0.1, 0.15) is 0 Å². The van der Waals surface area contributed by atoms with E-state index in [0.717, 1.165) is 18.7 Å². The monoisotopic (exact) mass is 290 g/mol. The highest BCUT2D eigenvalue weighted by atomic mass is 16.4. The number of hydrogen-bond acceptors (Lipinski definition) is 3. The molecule has 1 amide bonds. The van der Waals surface area contributed by atoms with Gasteiger partial charge in [-0.2, -0.15) is 0 Å². The summed E-state index contributed by atoms with van der Waals surface area (Å²) in [7, 11) is 0. The Bertz CT molecular complexity index is 490. The van der Waals surface area contributed by atoms with Gasteiger partial charge in [-0.3, -0.25) is 14.5 Å². The largest absolute Gasteiger partial charge is 0.481 e. The van der Waals surface area contributed by atoms with E-state index in [-0.39, 0.29) is 18.4 Å². The lowest BCUT2D eigenvalue weighted by atomic mass is 10.1. The molecule has 5 heteroatoms. The zero-order chi connectivity index (χ0) is 15.2. The molecule has 0 radical (unpaired) electrons. The normalized spacial score (nSPS) is 19.5. The van der Waals surface area contributed by atoms with Crippen molar-refractivity contribution in [2.45, 2.75) is 25.8 Å². The molecule has 0 aliphatic carbocycles. The van der Waals surface area contributed by atoms with Gasteiger partial charge in [-0.25, -0.2) is 0 Å². The first-order valence-electron chi connectivity index (χ1n) is 7.34. The second kappa shape index (κ2) is 7.22. The van der Waals surface area contributed by atoms with Crippen molar-refractivity contribution in [1.29, 1.82) is 0 Å². The average Bonchev–Trinajstić information content (AvgIpc) is 2.46. The minimum atomic E-state index is -0.773. The van der Waals surface area contributed by atoms with Crippen LogP contribution in [0, 0.1) is 0 Å². The van der Waals surface area contributed by atoms with Crippen LogP contribution in [0.4, 0.5) is 0 Å². The van der Waals surface area contributed by atoms with Crippen molar-refractivity contribution in [2.24, 2.45) is 0 Å². The molecule has 1 aliphatic heterocycles. The highest BCUT2D eigenvalue weighted by molar-refractivity contribution is 5.79. The van der Waals surface area contributed by atoms with Gasteiger partial charge in [-0.1, -0.05) is 30.3 Å². The predicted octanol–water partition coefficient (Wildman–Crippen LogP) is 1.24. The summed E-state index contributed by atoms with van der Waals surface area (Å²) in [6, 6.07) is 9.88. The van der Waals surface area contributed by atoms with E-state index in [0.29, 0.717) is 19.5 Å². The van der Waals surface area contributed by atoms with Gasteiger partial charge >= 0.3 is 5.97 Å². The SMILES string of the molecule is C[C@H]1CN(CCC(=O)O)CCN1C(=O)Cc1ccccc1. The van der Waals surface area contributed by atoms with Crippen LogP contribution in [-0.2, 0) is 16.0 Å². The number of aliphatic carboxylic acids is 1. The van der Waals surface area contributed by atoms with E-state index in [1.807, 2.05) is 42.2 Å². The maximum Gasteiger partial charge on any atom is 0.304 e. The maximum atomic E-state index is 12.4. The van der Waals surface area contributed by atoms with Crippen molar-refractivity contribution in [3.63, 3.8) is 0 Å². The summed E-state index contributed by atoms with van der Waals surface area (Å²) in [5.74, 6) is -0.628. The molecule has 1 heterocycles. The van der Waals surface area contributed by atoms with Crippen molar-refractivity contribution in [3.05, 3.63) is 35.9 Å².